The molecule has 1 aromatic rings. The highest BCUT2D eigenvalue weighted by Gasteiger charge is 2.02. The Morgan fingerprint density at radius 1 is 1.13 bits per heavy atom. The minimum Gasteiger partial charge on any atom is -0.493 e. The monoisotopic (exact) mass is 216 g/mol. The highest BCUT2D eigenvalue weighted by Crippen LogP contribution is 2.26. The predicted molar refractivity (Wildman–Crippen MR) is 51.3 cm³/mol. The van der Waals surface area contributed by atoms with Crippen LogP contribution < -0.4 is 9.47 Å². The second kappa shape index (κ2) is 7.74. The van der Waals surface area contributed by atoms with Crippen LogP contribution in [0.2, 0.25) is 0 Å². The molecule has 0 aliphatic heterocycles. The van der Waals surface area contributed by atoms with Crippen LogP contribution in [-0.2, 0) is 5.04 Å². The van der Waals surface area contributed by atoms with Crippen LogP contribution in [0.4, 0.5) is 0 Å². The molecule has 0 aliphatic carbocycles. The van der Waals surface area contributed by atoms with Gasteiger partial charge in [-0.2, -0.15) is 0 Å². The molecule has 84 valence electrons. The molecule has 0 saturated carbocycles. The Labute approximate surface area is 86.5 Å². The Balaban J connectivity index is 0.000000583. The van der Waals surface area contributed by atoms with E-state index in [0.717, 1.165) is 6.29 Å². The van der Waals surface area contributed by atoms with Crippen molar-refractivity contribution in [3.8, 4) is 11.5 Å². The molecule has 0 radical (unpaired) electrons. The molecule has 6 heteroatoms. The quantitative estimate of drug-likeness (QED) is 0.452. The molecule has 0 saturated heterocycles. The maximum atomic E-state index is 10.4. The van der Waals surface area contributed by atoms with Crippen LogP contribution >= 0.6 is 0 Å². The van der Waals surface area contributed by atoms with Gasteiger partial charge >= 0.3 is 0 Å². The summed E-state index contributed by atoms with van der Waals surface area (Å²) in [6.07, 6.45) is 0.766. The average Bonchev–Trinajstić information content (AvgIpc) is 2.29. The SMILES string of the molecule is COc1ccc(C=O)cc1OC.OOO. The molecule has 1 aromatic carbocycles. The second-order valence-corrected chi connectivity index (χ2v) is 2.31. The highest BCUT2D eigenvalue weighted by molar-refractivity contribution is 5.76. The van der Waals surface area contributed by atoms with Crippen molar-refractivity contribution in [2.24, 2.45) is 0 Å². The van der Waals surface area contributed by atoms with Gasteiger partial charge in [0.25, 0.3) is 0 Å². The summed E-state index contributed by atoms with van der Waals surface area (Å²) in [5.41, 5.74) is 0.577. The maximum Gasteiger partial charge on any atom is 0.161 e. The molecule has 2 N–H and O–H groups in total. The van der Waals surface area contributed by atoms with E-state index in [0.29, 0.717) is 17.1 Å². The smallest absolute Gasteiger partial charge is 0.161 e. The molecular formula is C9H12O6. The maximum absolute atomic E-state index is 10.4. The fraction of sp³-hybridized carbons (Fsp3) is 0.222. The van der Waals surface area contributed by atoms with E-state index in [1.165, 1.54) is 7.11 Å². The van der Waals surface area contributed by atoms with Gasteiger partial charge in [0, 0.05) is 5.56 Å². The van der Waals surface area contributed by atoms with Crippen LogP contribution in [0.3, 0.4) is 0 Å². The van der Waals surface area contributed by atoms with Crippen molar-refractivity contribution in [1.82, 2.24) is 0 Å². The Morgan fingerprint density at radius 3 is 2.07 bits per heavy atom. The van der Waals surface area contributed by atoms with Crippen molar-refractivity contribution in [3.05, 3.63) is 23.8 Å². The summed E-state index contributed by atoms with van der Waals surface area (Å²) in [7, 11) is 3.09. The third kappa shape index (κ3) is 4.41. The molecule has 0 atom stereocenters. The van der Waals surface area contributed by atoms with Crippen molar-refractivity contribution in [2.75, 3.05) is 14.2 Å². The largest absolute Gasteiger partial charge is 0.493 e. The van der Waals surface area contributed by atoms with Gasteiger partial charge in [-0.15, -0.1) is 0 Å². The first-order valence-corrected chi connectivity index (χ1v) is 3.85. The van der Waals surface area contributed by atoms with Crippen LogP contribution in [0.25, 0.3) is 0 Å². The van der Waals surface area contributed by atoms with Gasteiger partial charge in [-0.25, -0.2) is 10.5 Å². The first kappa shape index (κ1) is 13.4. The molecule has 0 heterocycles. The number of hydrogen-bond acceptors (Lipinski definition) is 6. The van der Waals surface area contributed by atoms with E-state index in [2.05, 4.69) is 5.04 Å². The van der Waals surface area contributed by atoms with E-state index >= 15 is 0 Å². The summed E-state index contributed by atoms with van der Waals surface area (Å²) in [6, 6.07) is 5.00. The summed E-state index contributed by atoms with van der Waals surface area (Å²) < 4.78 is 9.99. The number of hydrogen-bond donors (Lipinski definition) is 2. The summed E-state index contributed by atoms with van der Waals surface area (Å²) in [6.45, 7) is 0. The normalized spacial score (nSPS) is 8.53. The van der Waals surface area contributed by atoms with Crippen molar-refractivity contribution < 1.29 is 29.8 Å². The van der Waals surface area contributed by atoms with E-state index < -0.39 is 0 Å². The number of benzene rings is 1. The van der Waals surface area contributed by atoms with E-state index in [1.807, 2.05) is 0 Å². The van der Waals surface area contributed by atoms with Crippen molar-refractivity contribution >= 4 is 6.29 Å². The summed E-state index contributed by atoms with van der Waals surface area (Å²) >= 11 is 0. The van der Waals surface area contributed by atoms with E-state index in [9.17, 15) is 4.79 Å². The lowest BCUT2D eigenvalue weighted by Crippen LogP contribution is -1.91. The summed E-state index contributed by atoms with van der Waals surface area (Å²) in [5, 5.41) is 15.5. The van der Waals surface area contributed by atoms with Gasteiger partial charge in [0.2, 0.25) is 0 Å². The molecule has 0 aromatic heterocycles. The molecule has 1 rings (SSSR count). The van der Waals surface area contributed by atoms with Crippen LogP contribution in [0, 0.1) is 0 Å². The van der Waals surface area contributed by atoms with Gasteiger partial charge in [-0.1, -0.05) is 5.04 Å². The van der Waals surface area contributed by atoms with Crippen LogP contribution in [0.1, 0.15) is 10.4 Å². The van der Waals surface area contributed by atoms with Gasteiger partial charge in [0.15, 0.2) is 11.5 Å². The van der Waals surface area contributed by atoms with E-state index in [-0.39, 0.29) is 0 Å². The number of aldehydes is 1. The molecule has 0 fully saturated rings. The standard InChI is InChI=1S/C9H10O3.H2O3/c1-11-8-4-3-7(6-10)5-9(8)12-2;1-3-2/h3-6H,1-2H3;1-2H. The number of ether oxygens (including phenoxy) is 2. The van der Waals surface area contributed by atoms with Gasteiger partial charge in [0.1, 0.15) is 6.29 Å². The lowest BCUT2D eigenvalue weighted by molar-refractivity contribution is -0.465. The number of methoxy groups -OCH3 is 2. The van der Waals surface area contributed by atoms with Crippen LogP contribution in [-0.4, -0.2) is 31.0 Å². The van der Waals surface area contributed by atoms with Gasteiger partial charge in [0.05, 0.1) is 14.2 Å². The van der Waals surface area contributed by atoms with Crippen LogP contribution in [0.15, 0.2) is 18.2 Å². The summed E-state index contributed by atoms with van der Waals surface area (Å²) in [4.78, 5) is 10.4. The van der Waals surface area contributed by atoms with Crippen molar-refractivity contribution in [2.45, 2.75) is 0 Å². The Kier molecular flexibility index (Phi) is 6.90. The molecule has 0 spiro atoms. The van der Waals surface area contributed by atoms with Crippen molar-refractivity contribution in [1.29, 1.82) is 0 Å². The van der Waals surface area contributed by atoms with Gasteiger partial charge in [-0.3, -0.25) is 4.79 Å². The average molecular weight is 216 g/mol. The first-order valence-electron chi connectivity index (χ1n) is 3.85. The lowest BCUT2D eigenvalue weighted by atomic mass is 10.2. The Hall–Kier alpha value is -1.63. The topological polar surface area (TPSA) is 85.2 Å². The molecular weight excluding hydrogens is 204 g/mol. The molecule has 6 nitrogen and oxygen atoms in total. The van der Waals surface area contributed by atoms with Crippen LogP contribution in [0.5, 0.6) is 11.5 Å². The van der Waals surface area contributed by atoms with Crippen molar-refractivity contribution in [3.63, 3.8) is 0 Å². The second-order valence-electron chi connectivity index (χ2n) is 2.31. The highest BCUT2D eigenvalue weighted by atomic mass is 17.4. The minimum absolute atomic E-state index is 0.571. The Bertz CT molecular complexity index is 299. The Morgan fingerprint density at radius 2 is 1.67 bits per heavy atom. The zero-order valence-corrected chi connectivity index (χ0v) is 8.34. The first-order chi connectivity index (χ1) is 7.23. The fourth-order valence-corrected chi connectivity index (χ4v) is 0.926. The molecule has 15 heavy (non-hydrogen) atoms. The summed E-state index contributed by atoms with van der Waals surface area (Å²) in [5.74, 6) is 1.20. The fourth-order valence-electron chi connectivity index (χ4n) is 0.926. The molecule has 0 aliphatic rings. The zero-order valence-electron chi connectivity index (χ0n) is 8.34. The third-order valence-corrected chi connectivity index (χ3v) is 1.54. The van der Waals surface area contributed by atoms with E-state index in [4.69, 9.17) is 20.0 Å². The minimum atomic E-state index is 0.571. The molecule has 0 bridgehead atoms. The predicted octanol–water partition coefficient (Wildman–Crippen LogP) is 1.47. The number of carbonyl (C=O) groups excluding carboxylic acids is 1. The zero-order chi connectivity index (χ0) is 11.7. The van der Waals surface area contributed by atoms with Gasteiger partial charge in [-0.05, 0) is 18.2 Å². The number of rotatable bonds is 3. The van der Waals surface area contributed by atoms with E-state index in [1.54, 1.807) is 25.3 Å². The lowest BCUT2D eigenvalue weighted by Gasteiger charge is -2.06. The number of carbonyl (C=O) groups is 1. The third-order valence-electron chi connectivity index (χ3n) is 1.54. The van der Waals surface area contributed by atoms with Gasteiger partial charge < -0.3 is 9.47 Å². The molecule has 0 amide bonds. The molecule has 0 unspecified atom stereocenters.